The predicted molar refractivity (Wildman–Crippen MR) is 130 cm³/mol. The number of ether oxygens (including phenoxy) is 1. The zero-order valence-corrected chi connectivity index (χ0v) is 20.5. The second-order valence-corrected chi connectivity index (χ2v) is 10.8. The van der Waals surface area contributed by atoms with Crippen molar-refractivity contribution in [2.75, 3.05) is 20.2 Å². The summed E-state index contributed by atoms with van der Waals surface area (Å²) in [7, 11) is -2.54. The van der Waals surface area contributed by atoms with E-state index in [9.17, 15) is 18.3 Å². The number of hydrogen-bond donors (Lipinski definition) is 3. The number of hydrogen-bond acceptors (Lipinski definition) is 6. The van der Waals surface area contributed by atoms with Gasteiger partial charge < -0.3 is 19.8 Å². The predicted octanol–water partition coefficient (Wildman–Crippen LogP) is 4.26. The third-order valence-electron chi connectivity index (χ3n) is 5.90. The van der Waals surface area contributed by atoms with Crippen LogP contribution >= 0.6 is 15.9 Å². The highest BCUT2D eigenvalue weighted by Gasteiger charge is 2.33. The molecule has 9 nitrogen and oxygen atoms in total. The average molecular weight is 545 g/mol. The van der Waals surface area contributed by atoms with Crippen LogP contribution < -0.4 is 0 Å². The molecule has 0 bridgehead atoms. The van der Waals surface area contributed by atoms with Gasteiger partial charge in [-0.3, -0.25) is 0 Å². The molecule has 2 aromatic heterocycles. The van der Waals surface area contributed by atoms with Crippen LogP contribution in [0.3, 0.4) is 0 Å². The maximum Gasteiger partial charge on any atom is 0.341 e. The summed E-state index contributed by atoms with van der Waals surface area (Å²) in [5.41, 5.74) is 2.18. The van der Waals surface area contributed by atoms with E-state index in [1.165, 1.54) is 23.5 Å². The van der Waals surface area contributed by atoms with Crippen molar-refractivity contribution in [1.82, 2.24) is 19.3 Å². The zero-order chi connectivity index (χ0) is 24.0. The third kappa shape index (κ3) is 3.79. The van der Waals surface area contributed by atoms with Gasteiger partial charge in [-0.25, -0.2) is 18.2 Å². The van der Waals surface area contributed by atoms with E-state index in [4.69, 9.17) is 4.74 Å². The first-order chi connectivity index (χ1) is 16.3. The van der Waals surface area contributed by atoms with Gasteiger partial charge in [0.2, 0.25) is 10.0 Å². The van der Waals surface area contributed by atoms with Crippen molar-refractivity contribution in [3.63, 3.8) is 0 Å². The van der Waals surface area contributed by atoms with Gasteiger partial charge in [-0.15, -0.1) is 0 Å². The van der Waals surface area contributed by atoms with Crippen LogP contribution in [0.2, 0.25) is 0 Å². The Hall–Kier alpha value is -3.15. The maximum absolute atomic E-state index is 13.7. The van der Waals surface area contributed by atoms with Crippen molar-refractivity contribution in [3.8, 4) is 28.5 Å². The maximum atomic E-state index is 13.7. The van der Waals surface area contributed by atoms with E-state index in [1.807, 2.05) is 12.1 Å². The van der Waals surface area contributed by atoms with Gasteiger partial charge in [0.15, 0.2) is 5.82 Å². The molecule has 1 aliphatic heterocycles. The lowest BCUT2D eigenvalue weighted by atomic mass is 10.1. The highest BCUT2D eigenvalue weighted by molar-refractivity contribution is 9.10. The van der Waals surface area contributed by atoms with E-state index in [0.717, 1.165) is 17.3 Å². The summed E-state index contributed by atoms with van der Waals surface area (Å²) in [6.07, 6.45) is 3.21. The van der Waals surface area contributed by atoms with Gasteiger partial charge in [-0.1, -0.05) is 15.9 Å². The van der Waals surface area contributed by atoms with Crippen molar-refractivity contribution in [2.45, 2.75) is 17.7 Å². The summed E-state index contributed by atoms with van der Waals surface area (Å²) in [4.78, 5) is 22.9. The number of esters is 1. The van der Waals surface area contributed by atoms with Crippen LogP contribution in [0.25, 0.3) is 33.7 Å². The van der Waals surface area contributed by atoms with Crippen LogP contribution in [-0.4, -0.2) is 59.0 Å². The number of benzene rings is 2. The van der Waals surface area contributed by atoms with Crippen molar-refractivity contribution in [3.05, 3.63) is 52.6 Å². The van der Waals surface area contributed by atoms with Crippen LogP contribution in [0.1, 0.15) is 23.2 Å². The lowest BCUT2D eigenvalue weighted by Crippen LogP contribution is -2.28. The van der Waals surface area contributed by atoms with Crippen molar-refractivity contribution >= 4 is 42.8 Å². The number of H-pyrrole nitrogens is 2. The fourth-order valence-electron chi connectivity index (χ4n) is 4.20. The van der Waals surface area contributed by atoms with Crippen LogP contribution in [0, 0.1) is 0 Å². The standard InChI is InChI=1S/C23H21BrN4O5S/c1-33-23(30)16-10-13(4-7-19(16)29)18-12-25-22(27-18)20-21(34(31,32)28-8-2-3-9-28)15-11-14(24)5-6-17(15)26-20/h4-7,10-12,26,29H,2-3,8-9H2,1H3,(H,25,27). The fourth-order valence-corrected chi connectivity index (χ4v) is 6.41. The number of aromatic amines is 2. The van der Waals surface area contributed by atoms with E-state index < -0.39 is 16.0 Å². The van der Waals surface area contributed by atoms with Gasteiger partial charge in [-0.2, -0.15) is 4.31 Å². The van der Waals surface area contributed by atoms with Crippen LogP contribution in [-0.2, 0) is 14.8 Å². The zero-order valence-electron chi connectivity index (χ0n) is 18.1. The Morgan fingerprint density at radius 3 is 2.65 bits per heavy atom. The monoisotopic (exact) mass is 544 g/mol. The highest BCUT2D eigenvalue weighted by atomic mass is 79.9. The lowest BCUT2D eigenvalue weighted by Gasteiger charge is -2.16. The highest BCUT2D eigenvalue weighted by Crippen LogP contribution is 2.37. The molecule has 0 unspecified atom stereocenters. The number of sulfonamides is 1. The van der Waals surface area contributed by atoms with Crippen LogP contribution in [0.15, 0.2) is 52.0 Å². The molecule has 176 valence electrons. The first-order valence-electron chi connectivity index (χ1n) is 10.6. The molecule has 5 rings (SSSR count). The first kappa shape index (κ1) is 22.6. The summed E-state index contributed by atoms with van der Waals surface area (Å²) in [6, 6.07) is 9.95. The minimum Gasteiger partial charge on any atom is -0.507 e. The number of nitrogens with one attached hydrogen (secondary N) is 2. The third-order valence-corrected chi connectivity index (χ3v) is 8.38. The second-order valence-electron chi connectivity index (χ2n) is 8.00. The molecule has 0 aliphatic carbocycles. The average Bonchev–Trinajstić information content (AvgIpc) is 3.58. The molecule has 0 atom stereocenters. The number of halogens is 1. The summed E-state index contributed by atoms with van der Waals surface area (Å²) in [6.45, 7) is 0.964. The summed E-state index contributed by atoms with van der Waals surface area (Å²) in [5.74, 6) is -0.525. The molecule has 0 saturated carbocycles. The van der Waals surface area contributed by atoms with Gasteiger partial charge in [0.25, 0.3) is 0 Å². The molecule has 0 spiro atoms. The Morgan fingerprint density at radius 2 is 1.91 bits per heavy atom. The minimum atomic E-state index is -3.77. The summed E-state index contributed by atoms with van der Waals surface area (Å²) in [5, 5.41) is 10.6. The van der Waals surface area contributed by atoms with Crippen LogP contribution in [0.5, 0.6) is 5.75 Å². The van der Waals surface area contributed by atoms with Gasteiger partial charge in [0, 0.05) is 34.0 Å². The quantitative estimate of drug-likeness (QED) is 0.322. The summed E-state index contributed by atoms with van der Waals surface area (Å²) < 4.78 is 34.3. The molecular weight excluding hydrogens is 524 g/mol. The number of carbonyl (C=O) groups excluding carboxylic acids is 1. The van der Waals surface area contributed by atoms with E-state index in [-0.39, 0.29) is 16.2 Å². The topological polar surface area (TPSA) is 128 Å². The number of imidazole rings is 1. The Morgan fingerprint density at radius 1 is 1.15 bits per heavy atom. The Labute approximate surface area is 204 Å². The number of nitrogens with zero attached hydrogens (tertiary/aromatic N) is 2. The normalized spacial score (nSPS) is 14.6. The molecule has 3 N–H and O–H groups in total. The van der Waals surface area contributed by atoms with Crippen molar-refractivity contribution < 1.29 is 23.1 Å². The second kappa shape index (κ2) is 8.57. The Balaban J connectivity index is 1.65. The lowest BCUT2D eigenvalue weighted by molar-refractivity contribution is 0.0597. The molecule has 1 fully saturated rings. The Bertz CT molecular complexity index is 1520. The molecule has 3 heterocycles. The van der Waals surface area contributed by atoms with Gasteiger partial charge in [0.1, 0.15) is 21.9 Å². The number of phenols is 1. The molecule has 1 aliphatic rings. The molecule has 34 heavy (non-hydrogen) atoms. The number of methoxy groups -OCH3 is 1. The van der Waals surface area contributed by atoms with Crippen LogP contribution in [0.4, 0.5) is 0 Å². The largest absolute Gasteiger partial charge is 0.507 e. The molecule has 0 amide bonds. The number of aromatic hydroxyl groups is 1. The number of phenolic OH excluding ortho intramolecular Hbond substituents is 1. The molecule has 11 heteroatoms. The van der Waals surface area contributed by atoms with Crippen molar-refractivity contribution in [2.24, 2.45) is 0 Å². The number of aromatic nitrogens is 3. The van der Waals surface area contributed by atoms with Crippen molar-refractivity contribution in [1.29, 1.82) is 0 Å². The Kier molecular flexibility index (Phi) is 5.70. The van der Waals surface area contributed by atoms with E-state index in [1.54, 1.807) is 18.3 Å². The fraction of sp³-hybridized carbons (Fsp3) is 0.217. The van der Waals surface area contributed by atoms with Gasteiger partial charge in [-0.05, 0) is 49.2 Å². The van der Waals surface area contributed by atoms with Gasteiger partial charge in [0.05, 0.1) is 19.0 Å². The van der Waals surface area contributed by atoms with Gasteiger partial charge >= 0.3 is 5.97 Å². The van der Waals surface area contributed by atoms with E-state index in [2.05, 4.69) is 30.9 Å². The summed E-state index contributed by atoms with van der Waals surface area (Å²) >= 11 is 3.44. The number of rotatable bonds is 5. The molecule has 2 aromatic carbocycles. The molecule has 0 radical (unpaired) electrons. The first-order valence-corrected chi connectivity index (χ1v) is 12.8. The number of carbonyl (C=O) groups is 1. The van der Waals surface area contributed by atoms with E-state index in [0.29, 0.717) is 46.8 Å². The molecule has 1 saturated heterocycles. The number of fused-ring (bicyclic) bond motifs is 1. The minimum absolute atomic E-state index is 0.0175. The SMILES string of the molecule is COC(=O)c1cc(-c2cnc(-c3[nH]c4ccc(Br)cc4c3S(=O)(=O)N3CCCC3)[nH]2)ccc1O. The molecule has 4 aromatic rings. The smallest absolute Gasteiger partial charge is 0.341 e. The molecular formula is C23H21BrN4O5S. The van der Waals surface area contributed by atoms with E-state index >= 15 is 0 Å².